The van der Waals surface area contributed by atoms with Gasteiger partial charge in [0, 0.05) is 46.7 Å². The van der Waals surface area contributed by atoms with Gasteiger partial charge in [0.05, 0.1) is 34.8 Å². The van der Waals surface area contributed by atoms with Crippen molar-refractivity contribution in [2.75, 3.05) is 16.5 Å². The van der Waals surface area contributed by atoms with Crippen LogP contribution in [0, 0.1) is 0 Å². The highest BCUT2D eigenvalue weighted by molar-refractivity contribution is 6.10. The summed E-state index contributed by atoms with van der Waals surface area (Å²) in [5, 5.41) is 2.26. The van der Waals surface area contributed by atoms with Crippen LogP contribution in [0.1, 0.15) is 58.4 Å². The SMILES string of the molecule is CC(C)(C)c1cc(Oc2ccc3c4cc(-c5ccccc5)ccc4n(-c4nccc(C(C)(C)C)n4)c3c2)cc(N2CN(Cc3ccccc3)c3ccccc32)c1. The first-order valence-electron chi connectivity index (χ1n) is 19.5. The van der Waals surface area contributed by atoms with Crippen molar-refractivity contribution in [2.45, 2.75) is 58.9 Å². The number of aromatic nitrogens is 3. The van der Waals surface area contributed by atoms with Gasteiger partial charge in [0.25, 0.3) is 0 Å². The zero-order chi connectivity index (χ0) is 38.6. The first kappa shape index (κ1) is 35.3. The fraction of sp³-hybridized carbons (Fsp3) is 0.200. The summed E-state index contributed by atoms with van der Waals surface area (Å²) in [7, 11) is 0. The largest absolute Gasteiger partial charge is 0.457 e. The summed E-state index contributed by atoms with van der Waals surface area (Å²) < 4.78 is 9.08. The van der Waals surface area contributed by atoms with Crippen LogP contribution in [0.25, 0.3) is 38.9 Å². The maximum atomic E-state index is 6.90. The molecule has 0 saturated heterocycles. The van der Waals surface area contributed by atoms with E-state index in [1.807, 2.05) is 12.3 Å². The highest BCUT2D eigenvalue weighted by Gasteiger charge is 2.29. The quantitative estimate of drug-likeness (QED) is 0.163. The van der Waals surface area contributed by atoms with Crippen LogP contribution in [0.2, 0.25) is 0 Å². The Balaban J connectivity index is 1.15. The topological polar surface area (TPSA) is 46.4 Å². The molecule has 9 rings (SSSR count). The van der Waals surface area contributed by atoms with Gasteiger partial charge in [-0.2, -0.15) is 0 Å². The maximum absolute atomic E-state index is 6.90. The van der Waals surface area contributed by atoms with Crippen LogP contribution in [0.4, 0.5) is 17.1 Å². The van der Waals surface area contributed by atoms with Gasteiger partial charge in [-0.05, 0) is 82.3 Å². The fourth-order valence-electron chi connectivity index (χ4n) is 7.77. The van der Waals surface area contributed by atoms with E-state index in [-0.39, 0.29) is 10.8 Å². The highest BCUT2D eigenvalue weighted by atomic mass is 16.5. The van der Waals surface area contributed by atoms with Crippen LogP contribution in [-0.2, 0) is 17.4 Å². The molecule has 1 aliphatic rings. The van der Waals surface area contributed by atoms with Gasteiger partial charge in [0.2, 0.25) is 5.95 Å². The van der Waals surface area contributed by atoms with E-state index in [2.05, 4.69) is 195 Å². The third-order valence-corrected chi connectivity index (χ3v) is 10.8. The van der Waals surface area contributed by atoms with Crippen molar-refractivity contribution in [3.8, 4) is 28.6 Å². The van der Waals surface area contributed by atoms with Crippen molar-refractivity contribution in [2.24, 2.45) is 0 Å². The van der Waals surface area contributed by atoms with Gasteiger partial charge in [0.1, 0.15) is 11.5 Å². The molecule has 0 bridgehead atoms. The number of fused-ring (bicyclic) bond motifs is 4. The summed E-state index contributed by atoms with van der Waals surface area (Å²) in [4.78, 5) is 14.8. The molecular weight excluding hydrogens is 687 g/mol. The average molecular weight is 734 g/mol. The minimum atomic E-state index is -0.130. The summed E-state index contributed by atoms with van der Waals surface area (Å²) in [5.74, 6) is 2.19. The molecule has 6 nitrogen and oxygen atoms in total. The van der Waals surface area contributed by atoms with E-state index in [9.17, 15) is 0 Å². The van der Waals surface area contributed by atoms with Crippen LogP contribution < -0.4 is 14.5 Å². The van der Waals surface area contributed by atoms with Gasteiger partial charge in [-0.1, -0.05) is 120 Å². The molecule has 0 amide bonds. The smallest absolute Gasteiger partial charge is 0.234 e. The predicted molar refractivity (Wildman–Crippen MR) is 232 cm³/mol. The fourth-order valence-corrected chi connectivity index (χ4v) is 7.77. The zero-order valence-electron chi connectivity index (χ0n) is 33.0. The number of rotatable bonds is 7. The van der Waals surface area contributed by atoms with E-state index >= 15 is 0 Å². The van der Waals surface area contributed by atoms with E-state index in [1.54, 1.807) is 0 Å². The second kappa shape index (κ2) is 13.7. The summed E-state index contributed by atoms with van der Waals surface area (Å²) in [6.45, 7) is 14.9. The molecule has 0 N–H and O–H groups in total. The van der Waals surface area contributed by atoms with Crippen LogP contribution in [0.5, 0.6) is 11.5 Å². The summed E-state index contributed by atoms with van der Waals surface area (Å²) in [6, 6.07) is 51.7. The average Bonchev–Trinajstić information content (AvgIpc) is 3.73. The minimum Gasteiger partial charge on any atom is -0.457 e. The first-order chi connectivity index (χ1) is 27.0. The number of nitrogens with zero attached hydrogens (tertiary/aromatic N) is 5. The van der Waals surface area contributed by atoms with Crippen molar-refractivity contribution in [3.05, 3.63) is 169 Å². The van der Waals surface area contributed by atoms with Crippen molar-refractivity contribution in [1.82, 2.24) is 14.5 Å². The van der Waals surface area contributed by atoms with E-state index in [0.717, 1.165) is 57.9 Å². The molecule has 0 atom stereocenters. The predicted octanol–water partition coefficient (Wildman–Crippen LogP) is 12.7. The van der Waals surface area contributed by atoms with Crippen molar-refractivity contribution in [1.29, 1.82) is 0 Å². The Bertz CT molecular complexity index is 2700. The van der Waals surface area contributed by atoms with E-state index < -0.39 is 0 Å². The van der Waals surface area contributed by atoms with Gasteiger partial charge in [-0.3, -0.25) is 4.57 Å². The second-order valence-electron chi connectivity index (χ2n) is 16.9. The lowest BCUT2D eigenvalue weighted by atomic mass is 9.86. The lowest BCUT2D eigenvalue weighted by Crippen LogP contribution is -2.27. The Kier molecular flexibility index (Phi) is 8.65. The molecule has 0 saturated carbocycles. The standard InChI is InChI=1S/C50H47N5O/c1-49(2,3)37-28-38(54-33-53(32-34-15-9-7-10-16-34)44-19-13-14-20-45(44)54)30-40(29-37)56-39-22-23-41-42-27-36(35-17-11-8-12-18-35)21-24-43(42)55(46(41)31-39)48-51-26-25-47(52-48)50(4,5)6/h7-31H,32-33H2,1-6H3. The van der Waals surface area contributed by atoms with Crippen LogP contribution in [0.3, 0.4) is 0 Å². The third-order valence-electron chi connectivity index (χ3n) is 10.8. The molecule has 0 aliphatic carbocycles. The number of hydrogen-bond acceptors (Lipinski definition) is 5. The highest BCUT2D eigenvalue weighted by Crippen LogP contribution is 2.44. The molecule has 0 radical (unpaired) electrons. The Morgan fingerprint density at radius 1 is 0.589 bits per heavy atom. The molecule has 56 heavy (non-hydrogen) atoms. The maximum Gasteiger partial charge on any atom is 0.234 e. The van der Waals surface area contributed by atoms with Gasteiger partial charge < -0.3 is 14.5 Å². The van der Waals surface area contributed by atoms with Gasteiger partial charge in [-0.15, -0.1) is 0 Å². The summed E-state index contributed by atoms with van der Waals surface area (Å²) in [5.41, 5.74) is 11.2. The lowest BCUT2D eigenvalue weighted by molar-refractivity contribution is 0.479. The van der Waals surface area contributed by atoms with Crippen LogP contribution in [0.15, 0.2) is 152 Å². The lowest BCUT2D eigenvalue weighted by Gasteiger charge is -2.26. The van der Waals surface area contributed by atoms with E-state index in [1.165, 1.54) is 33.6 Å². The number of anilines is 3. The zero-order valence-corrected chi connectivity index (χ0v) is 33.0. The minimum absolute atomic E-state index is 0.0979. The third kappa shape index (κ3) is 6.66. The molecule has 1 aliphatic heterocycles. The van der Waals surface area contributed by atoms with Gasteiger partial charge in [-0.25, -0.2) is 9.97 Å². The monoisotopic (exact) mass is 733 g/mol. The molecule has 6 aromatic carbocycles. The van der Waals surface area contributed by atoms with Crippen molar-refractivity contribution >= 4 is 38.9 Å². The van der Waals surface area contributed by atoms with Crippen molar-refractivity contribution in [3.63, 3.8) is 0 Å². The number of hydrogen-bond donors (Lipinski definition) is 0. The Hall–Kier alpha value is -6.40. The number of ether oxygens (including phenoxy) is 1. The Labute approximate surface area is 329 Å². The summed E-state index contributed by atoms with van der Waals surface area (Å²) >= 11 is 0. The summed E-state index contributed by atoms with van der Waals surface area (Å²) in [6.07, 6.45) is 1.87. The molecule has 0 unspecified atom stereocenters. The second-order valence-corrected chi connectivity index (χ2v) is 16.9. The molecule has 6 heteroatoms. The molecule has 2 aromatic heterocycles. The van der Waals surface area contributed by atoms with Crippen LogP contribution in [-0.4, -0.2) is 21.2 Å². The van der Waals surface area contributed by atoms with Gasteiger partial charge >= 0.3 is 0 Å². The molecule has 0 spiro atoms. The van der Waals surface area contributed by atoms with E-state index in [4.69, 9.17) is 14.7 Å². The number of benzene rings is 6. The molecule has 278 valence electrons. The molecule has 8 aromatic rings. The molecule has 0 fully saturated rings. The first-order valence-corrected chi connectivity index (χ1v) is 19.5. The molecular formula is C50H47N5O. The van der Waals surface area contributed by atoms with Gasteiger partial charge in [0.15, 0.2) is 0 Å². The Morgan fingerprint density at radius 2 is 1.32 bits per heavy atom. The Morgan fingerprint density at radius 3 is 2.07 bits per heavy atom. The normalized spacial score (nSPS) is 13.1. The number of para-hydroxylation sites is 2. The van der Waals surface area contributed by atoms with E-state index in [0.29, 0.717) is 5.95 Å². The molecule has 3 heterocycles. The van der Waals surface area contributed by atoms with Crippen molar-refractivity contribution < 1.29 is 4.74 Å². The van der Waals surface area contributed by atoms with Crippen LogP contribution >= 0.6 is 0 Å².